The van der Waals surface area contributed by atoms with E-state index in [1.807, 2.05) is 84.7 Å². The molecule has 0 unspecified atom stereocenters. The number of carbonyl (C=O) groups is 1. The number of rotatable bonds is 10. The number of carbonyl (C=O) groups excluding carboxylic acids is 1. The number of aryl methyl sites for hydroxylation is 1. The maximum atomic E-state index is 13.8. The summed E-state index contributed by atoms with van der Waals surface area (Å²) < 4.78 is 18.9. The van der Waals surface area contributed by atoms with Crippen molar-refractivity contribution in [3.8, 4) is 34.4 Å². The molecule has 1 aliphatic carbocycles. The highest BCUT2D eigenvalue weighted by Gasteiger charge is 2.30. The molecule has 0 atom stereocenters. The van der Waals surface area contributed by atoms with Crippen LogP contribution in [0.15, 0.2) is 78.9 Å². The fourth-order valence-electron chi connectivity index (χ4n) is 4.39. The number of aromatic nitrogens is 2. The predicted molar refractivity (Wildman–Crippen MR) is 142 cm³/mol. The number of hydrogen-bond donors (Lipinski definition) is 0. The van der Waals surface area contributed by atoms with Crippen LogP contribution >= 0.6 is 0 Å². The van der Waals surface area contributed by atoms with Crippen LogP contribution in [0.5, 0.6) is 23.1 Å². The van der Waals surface area contributed by atoms with Gasteiger partial charge in [0.05, 0.1) is 26.3 Å². The minimum atomic E-state index is -0.0407. The molecule has 1 saturated carbocycles. The second kappa shape index (κ2) is 10.8. The van der Waals surface area contributed by atoms with Crippen molar-refractivity contribution in [2.24, 2.45) is 13.0 Å². The van der Waals surface area contributed by atoms with Crippen LogP contribution in [0.4, 0.5) is 0 Å². The highest BCUT2D eigenvalue weighted by Crippen LogP contribution is 2.37. The van der Waals surface area contributed by atoms with E-state index in [0.717, 1.165) is 29.7 Å². The molecule has 4 aromatic rings. The average molecular weight is 498 g/mol. The lowest BCUT2D eigenvalue weighted by atomic mass is 10.1. The van der Waals surface area contributed by atoms with Crippen LogP contribution in [0.2, 0.25) is 0 Å². The molecular weight excluding hydrogens is 466 g/mol. The zero-order chi connectivity index (χ0) is 25.8. The molecule has 1 aliphatic rings. The lowest BCUT2D eigenvalue weighted by molar-refractivity contribution is 0.0734. The summed E-state index contributed by atoms with van der Waals surface area (Å²) in [6.07, 6.45) is 2.27. The summed E-state index contributed by atoms with van der Waals surface area (Å²) in [5.41, 5.74) is 3.21. The number of hydrogen-bond acceptors (Lipinski definition) is 5. The van der Waals surface area contributed by atoms with Crippen molar-refractivity contribution in [3.63, 3.8) is 0 Å². The molecule has 0 saturated heterocycles. The lowest BCUT2D eigenvalue weighted by Gasteiger charge is -2.24. The van der Waals surface area contributed by atoms with Crippen molar-refractivity contribution in [3.05, 3.63) is 90.0 Å². The predicted octanol–water partition coefficient (Wildman–Crippen LogP) is 5.95. The van der Waals surface area contributed by atoms with Gasteiger partial charge >= 0.3 is 0 Å². The Bertz CT molecular complexity index is 1380. The monoisotopic (exact) mass is 497 g/mol. The smallest absolute Gasteiger partial charge is 0.254 e. The zero-order valence-corrected chi connectivity index (χ0v) is 21.4. The van der Waals surface area contributed by atoms with Gasteiger partial charge in [-0.15, -0.1) is 0 Å². The standard InChI is InChI=1S/C30H31N3O4/c1-32-30(37-26-14-8-13-25(18-26)36-3)27(28(31-32)22-9-5-4-6-10-22)20-33(19-21-15-16-21)29(34)23-11-7-12-24(17-23)35-2/h4-14,17-18,21H,15-16,19-20H2,1-3H3. The molecule has 1 heterocycles. The highest BCUT2D eigenvalue weighted by atomic mass is 16.5. The topological polar surface area (TPSA) is 65.8 Å². The normalized spacial score (nSPS) is 12.7. The number of ether oxygens (including phenoxy) is 3. The Kier molecular flexibility index (Phi) is 7.12. The van der Waals surface area contributed by atoms with Crippen LogP contribution in [-0.2, 0) is 13.6 Å². The van der Waals surface area contributed by atoms with Crippen molar-refractivity contribution in [2.75, 3.05) is 20.8 Å². The van der Waals surface area contributed by atoms with Gasteiger partial charge in [0.25, 0.3) is 5.91 Å². The van der Waals surface area contributed by atoms with E-state index < -0.39 is 0 Å². The Labute approximate surface area is 217 Å². The average Bonchev–Trinajstić information content (AvgIpc) is 3.72. The van der Waals surface area contributed by atoms with Gasteiger partial charge in [-0.05, 0) is 49.1 Å². The molecule has 1 aromatic heterocycles. The van der Waals surface area contributed by atoms with E-state index in [-0.39, 0.29) is 5.91 Å². The number of nitrogens with zero attached hydrogens (tertiary/aromatic N) is 3. The van der Waals surface area contributed by atoms with Gasteiger partial charge in [0, 0.05) is 30.8 Å². The Morgan fingerprint density at radius 1 is 0.919 bits per heavy atom. The first kappa shape index (κ1) is 24.4. The maximum Gasteiger partial charge on any atom is 0.254 e. The van der Waals surface area contributed by atoms with Crippen molar-refractivity contribution >= 4 is 5.91 Å². The Hall–Kier alpha value is -4.26. The summed E-state index contributed by atoms with van der Waals surface area (Å²) in [6, 6.07) is 24.8. The minimum absolute atomic E-state index is 0.0407. The largest absolute Gasteiger partial charge is 0.497 e. The third-order valence-corrected chi connectivity index (χ3v) is 6.52. The summed E-state index contributed by atoms with van der Waals surface area (Å²) in [4.78, 5) is 15.7. The van der Waals surface area contributed by atoms with E-state index in [1.54, 1.807) is 25.0 Å². The fourth-order valence-corrected chi connectivity index (χ4v) is 4.39. The summed E-state index contributed by atoms with van der Waals surface area (Å²) in [7, 11) is 5.10. The van der Waals surface area contributed by atoms with Crippen LogP contribution in [0.3, 0.4) is 0 Å². The van der Waals surface area contributed by atoms with E-state index in [2.05, 4.69) is 0 Å². The zero-order valence-electron chi connectivity index (χ0n) is 21.4. The number of benzene rings is 3. The van der Waals surface area contributed by atoms with Gasteiger partial charge in [-0.3, -0.25) is 4.79 Å². The number of methoxy groups -OCH3 is 2. The molecule has 190 valence electrons. The van der Waals surface area contributed by atoms with Crippen LogP contribution in [0.1, 0.15) is 28.8 Å². The molecule has 0 N–H and O–H groups in total. The Morgan fingerprint density at radius 2 is 1.59 bits per heavy atom. The summed E-state index contributed by atoms with van der Waals surface area (Å²) >= 11 is 0. The summed E-state index contributed by atoms with van der Waals surface area (Å²) in [6.45, 7) is 1.04. The second-order valence-electron chi connectivity index (χ2n) is 9.26. The van der Waals surface area contributed by atoms with Crippen LogP contribution in [0, 0.1) is 5.92 Å². The van der Waals surface area contributed by atoms with Gasteiger partial charge in [-0.2, -0.15) is 5.10 Å². The SMILES string of the molecule is COc1cccc(Oc2c(CN(CC3CC3)C(=O)c3cccc(OC)c3)c(-c3ccccc3)nn2C)c1. The molecule has 1 fully saturated rings. The second-order valence-corrected chi connectivity index (χ2v) is 9.26. The first-order valence-corrected chi connectivity index (χ1v) is 12.4. The maximum absolute atomic E-state index is 13.8. The number of amides is 1. The minimum Gasteiger partial charge on any atom is -0.497 e. The Morgan fingerprint density at radius 3 is 2.30 bits per heavy atom. The van der Waals surface area contributed by atoms with Crippen molar-refractivity contribution in [1.82, 2.24) is 14.7 Å². The molecule has 0 bridgehead atoms. The first-order valence-electron chi connectivity index (χ1n) is 12.4. The summed E-state index contributed by atoms with van der Waals surface area (Å²) in [5.74, 6) is 3.05. The third kappa shape index (κ3) is 5.61. The lowest BCUT2D eigenvalue weighted by Crippen LogP contribution is -2.32. The Balaban J connectivity index is 1.55. The van der Waals surface area contributed by atoms with Crippen LogP contribution < -0.4 is 14.2 Å². The van der Waals surface area contributed by atoms with Crippen molar-refractivity contribution in [1.29, 1.82) is 0 Å². The molecule has 0 aliphatic heterocycles. The van der Waals surface area contributed by atoms with Gasteiger partial charge in [0.15, 0.2) is 0 Å². The van der Waals surface area contributed by atoms with Gasteiger partial charge in [0.1, 0.15) is 22.9 Å². The van der Waals surface area contributed by atoms with Gasteiger partial charge < -0.3 is 19.1 Å². The van der Waals surface area contributed by atoms with Gasteiger partial charge in [-0.25, -0.2) is 4.68 Å². The molecule has 7 heteroatoms. The molecule has 37 heavy (non-hydrogen) atoms. The van der Waals surface area contributed by atoms with Crippen LogP contribution in [0.25, 0.3) is 11.3 Å². The van der Waals surface area contributed by atoms with Crippen molar-refractivity contribution in [2.45, 2.75) is 19.4 Å². The fraction of sp³-hybridized carbons (Fsp3) is 0.267. The molecule has 7 nitrogen and oxygen atoms in total. The quantitative estimate of drug-likeness (QED) is 0.271. The molecule has 5 rings (SSSR count). The molecule has 0 spiro atoms. The van der Waals surface area contributed by atoms with E-state index in [9.17, 15) is 4.79 Å². The van der Waals surface area contributed by atoms with Crippen molar-refractivity contribution < 1.29 is 19.0 Å². The summed E-state index contributed by atoms with van der Waals surface area (Å²) in [5, 5.41) is 4.83. The first-order chi connectivity index (χ1) is 18.1. The highest BCUT2D eigenvalue weighted by molar-refractivity contribution is 5.94. The van der Waals surface area contributed by atoms with E-state index in [4.69, 9.17) is 19.3 Å². The van der Waals surface area contributed by atoms with E-state index in [1.165, 1.54) is 0 Å². The third-order valence-electron chi connectivity index (χ3n) is 6.52. The molecular formula is C30H31N3O4. The van der Waals surface area contributed by atoms with E-state index >= 15 is 0 Å². The molecule has 3 aromatic carbocycles. The molecule has 1 amide bonds. The molecule has 0 radical (unpaired) electrons. The van der Waals surface area contributed by atoms with Gasteiger partial charge in [-0.1, -0.05) is 42.5 Å². The van der Waals surface area contributed by atoms with Crippen LogP contribution in [-0.4, -0.2) is 41.4 Å². The van der Waals surface area contributed by atoms with E-state index in [0.29, 0.717) is 47.7 Å². The van der Waals surface area contributed by atoms with Gasteiger partial charge in [0.2, 0.25) is 5.88 Å².